The molecule has 104 valence electrons. The lowest BCUT2D eigenvalue weighted by molar-refractivity contribution is -0.139. The fourth-order valence-electron chi connectivity index (χ4n) is 1.27. The molecule has 0 rings (SSSR count). The third kappa shape index (κ3) is 6.93. The number of carboxylic acid groups (broad SMARTS) is 1. The Balaban J connectivity index is 4.23. The summed E-state index contributed by atoms with van der Waals surface area (Å²) in [6.45, 7) is 9.78. The number of amides is 1. The predicted molar refractivity (Wildman–Crippen MR) is 69.4 cm³/mol. The van der Waals surface area contributed by atoms with Gasteiger partial charge in [-0.2, -0.15) is 0 Å². The highest BCUT2D eigenvalue weighted by molar-refractivity contribution is 5.79. The van der Waals surface area contributed by atoms with Crippen molar-refractivity contribution in [2.75, 3.05) is 6.61 Å². The van der Waals surface area contributed by atoms with Gasteiger partial charge in [0.25, 0.3) is 0 Å². The van der Waals surface area contributed by atoms with Crippen LogP contribution >= 0.6 is 0 Å². The van der Waals surface area contributed by atoms with Crippen LogP contribution in [0.4, 0.5) is 4.79 Å². The van der Waals surface area contributed by atoms with Crippen molar-refractivity contribution in [2.45, 2.75) is 46.1 Å². The largest absolute Gasteiger partial charge is 0.480 e. The fourth-order valence-corrected chi connectivity index (χ4v) is 1.27. The van der Waals surface area contributed by atoms with Crippen LogP contribution in [0, 0.1) is 5.92 Å². The fraction of sp³-hybridized carbons (Fsp3) is 0.692. The number of ether oxygens (including phenoxy) is 1. The Morgan fingerprint density at radius 3 is 2.50 bits per heavy atom. The van der Waals surface area contributed by atoms with E-state index in [4.69, 9.17) is 9.84 Å². The summed E-state index contributed by atoms with van der Waals surface area (Å²) < 4.78 is 4.87. The molecule has 2 unspecified atom stereocenters. The van der Waals surface area contributed by atoms with Crippen LogP contribution in [-0.4, -0.2) is 29.8 Å². The number of alkyl carbamates (subject to hydrolysis) is 1. The molecule has 2 atom stereocenters. The first-order valence-corrected chi connectivity index (χ1v) is 6.20. The van der Waals surface area contributed by atoms with Gasteiger partial charge in [-0.1, -0.05) is 32.4 Å². The van der Waals surface area contributed by atoms with Gasteiger partial charge in [-0.05, 0) is 25.7 Å². The molecule has 0 aliphatic heterocycles. The third-order valence-electron chi connectivity index (χ3n) is 2.75. The number of carboxylic acids is 1. The van der Waals surface area contributed by atoms with Crippen LogP contribution in [-0.2, 0) is 9.53 Å². The maximum atomic E-state index is 11.4. The van der Waals surface area contributed by atoms with Crippen molar-refractivity contribution in [2.24, 2.45) is 5.92 Å². The molecule has 5 heteroatoms. The van der Waals surface area contributed by atoms with Crippen LogP contribution in [0.3, 0.4) is 0 Å². The first-order valence-electron chi connectivity index (χ1n) is 6.20. The summed E-state index contributed by atoms with van der Waals surface area (Å²) in [6.07, 6.45) is 1.33. The van der Waals surface area contributed by atoms with E-state index in [9.17, 15) is 9.59 Å². The van der Waals surface area contributed by atoms with Gasteiger partial charge in [-0.15, -0.1) is 0 Å². The summed E-state index contributed by atoms with van der Waals surface area (Å²) in [5.41, 5.74) is 0.891. The molecule has 0 aliphatic rings. The van der Waals surface area contributed by atoms with E-state index in [2.05, 4.69) is 11.9 Å². The number of carbonyl (C=O) groups is 2. The first kappa shape index (κ1) is 16.5. The highest BCUT2D eigenvalue weighted by Crippen LogP contribution is 2.14. The molecular weight excluding hydrogens is 234 g/mol. The molecule has 0 aromatic carbocycles. The Bertz CT molecular complexity index is 301. The second-order valence-corrected chi connectivity index (χ2v) is 4.51. The molecule has 18 heavy (non-hydrogen) atoms. The summed E-state index contributed by atoms with van der Waals surface area (Å²) in [7, 11) is 0. The lowest BCUT2D eigenvalue weighted by Crippen LogP contribution is -2.42. The smallest absolute Gasteiger partial charge is 0.407 e. The second-order valence-electron chi connectivity index (χ2n) is 4.51. The van der Waals surface area contributed by atoms with Crippen molar-refractivity contribution in [1.82, 2.24) is 5.32 Å². The summed E-state index contributed by atoms with van der Waals surface area (Å²) in [5, 5.41) is 11.4. The number of carbonyl (C=O) groups excluding carboxylic acids is 1. The zero-order chi connectivity index (χ0) is 14.1. The Morgan fingerprint density at radius 1 is 1.44 bits per heavy atom. The quantitative estimate of drug-likeness (QED) is 0.517. The minimum absolute atomic E-state index is 0.0297. The lowest BCUT2D eigenvalue weighted by atomic mass is 9.96. The molecule has 0 radical (unpaired) electrons. The van der Waals surface area contributed by atoms with E-state index in [0.717, 1.165) is 18.4 Å². The van der Waals surface area contributed by atoms with Crippen LogP contribution < -0.4 is 5.32 Å². The van der Waals surface area contributed by atoms with Crippen molar-refractivity contribution < 1.29 is 19.4 Å². The van der Waals surface area contributed by atoms with Crippen LogP contribution in [0.1, 0.15) is 40.0 Å². The molecule has 5 nitrogen and oxygen atoms in total. The van der Waals surface area contributed by atoms with E-state index in [1.54, 1.807) is 0 Å². The molecule has 0 saturated carbocycles. The van der Waals surface area contributed by atoms with Gasteiger partial charge in [0.05, 0.1) is 6.61 Å². The topological polar surface area (TPSA) is 75.6 Å². The van der Waals surface area contributed by atoms with E-state index >= 15 is 0 Å². The summed E-state index contributed by atoms with van der Waals surface area (Å²) >= 11 is 0. The monoisotopic (exact) mass is 257 g/mol. The minimum Gasteiger partial charge on any atom is -0.480 e. The second kappa shape index (κ2) is 8.55. The number of allylic oxidation sites excluding steroid dienone is 1. The maximum absolute atomic E-state index is 11.4. The Kier molecular flexibility index (Phi) is 7.83. The molecular formula is C13H23NO4. The highest BCUT2D eigenvalue weighted by atomic mass is 16.5. The SMILES string of the molecule is C=C(C)C(C)CC(NC(=O)OCCCC)C(=O)O. The summed E-state index contributed by atoms with van der Waals surface area (Å²) in [4.78, 5) is 22.4. The molecule has 0 aliphatic carbocycles. The number of unbranched alkanes of at least 4 members (excludes halogenated alkanes) is 1. The number of aliphatic carboxylic acids is 1. The van der Waals surface area contributed by atoms with E-state index in [1.165, 1.54) is 0 Å². The van der Waals surface area contributed by atoms with Gasteiger partial charge in [0.15, 0.2) is 0 Å². The number of nitrogens with one attached hydrogen (secondary N) is 1. The average molecular weight is 257 g/mol. The van der Waals surface area contributed by atoms with Crippen molar-refractivity contribution in [3.8, 4) is 0 Å². The number of hydrogen-bond donors (Lipinski definition) is 2. The Morgan fingerprint density at radius 2 is 2.06 bits per heavy atom. The first-order chi connectivity index (χ1) is 8.38. The van der Waals surface area contributed by atoms with Gasteiger partial charge in [0.2, 0.25) is 0 Å². The van der Waals surface area contributed by atoms with Gasteiger partial charge in [0.1, 0.15) is 6.04 Å². The summed E-state index contributed by atoms with van der Waals surface area (Å²) in [5.74, 6) is -1.03. The van der Waals surface area contributed by atoms with E-state index in [-0.39, 0.29) is 5.92 Å². The van der Waals surface area contributed by atoms with E-state index in [1.807, 2.05) is 20.8 Å². The van der Waals surface area contributed by atoms with Crippen LogP contribution in [0.5, 0.6) is 0 Å². The van der Waals surface area contributed by atoms with Gasteiger partial charge in [0, 0.05) is 0 Å². The van der Waals surface area contributed by atoms with Gasteiger partial charge < -0.3 is 15.2 Å². The molecule has 0 saturated heterocycles. The van der Waals surface area contributed by atoms with Crippen LogP contribution in [0.25, 0.3) is 0 Å². The minimum atomic E-state index is -1.06. The molecule has 0 aromatic heterocycles. The van der Waals surface area contributed by atoms with Gasteiger partial charge in [-0.25, -0.2) is 9.59 Å². The lowest BCUT2D eigenvalue weighted by Gasteiger charge is -2.18. The molecule has 2 N–H and O–H groups in total. The van der Waals surface area contributed by atoms with Crippen molar-refractivity contribution in [1.29, 1.82) is 0 Å². The molecule has 0 aromatic rings. The molecule has 1 amide bonds. The molecule has 0 spiro atoms. The van der Waals surface area contributed by atoms with Crippen LogP contribution in [0.2, 0.25) is 0 Å². The van der Waals surface area contributed by atoms with Crippen molar-refractivity contribution in [3.05, 3.63) is 12.2 Å². The Labute approximate surface area is 108 Å². The van der Waals surface area contributed by atoms with E-state index < -0.39 is 18.1 Å². The molecule has 0 heterocycles. The zero-order valence-corrected chi connectivity index (χ0v) is 11.4. The van der Waals surface area contributed by atoms with Crippen molar-refractivity contribution >= 4 is 12.1 Å². The maximum Gasteiger partial charge on any atom is 0.407 e. The standard InChI is InChI=1S/C13H23NO4/c1-5-6-7-18-13(17)14-11(12(15)16)8-10(4)9(2)3/h10-11H,2,5-8H2,1,3-4H3,(H,14,17)(H,15,16). The molecule has 0 bridgehead atoms. The Hall–Kier alpha value is -1.52. The van der Waals surface area contributed by atoms with Gasteiger partial charge >= 0.3 is 12.1 Å². The van der Waals surface area contributed by atoms with Gasteiger partial charge in [-0.3, -0.25) is 0 Å². The number of hydrogen-bond acceptors (Lipinski definition) is 3. The van der Waals surface area contributed by atoms with Crippen molar-refractivity contribution in [3.63, 3.8) is 0 Å². The normalized spacial score (nSPS) is 13.5. The summed E-state index contributed by atoms with van der Waals surface area (Å²) in [6, 6.07) is -0.939. The third-order valence-corrected chi connectivity index (χ3v) is 2.75. The highest BCUT2D eigenvalue weighted by Gasteiger charge is 2.23. The zero-order valence-electron chi connectivity index (χ0n) is 11.4. The van der Waals surface area contributed by atoms with Crippen LogP contribution in [0.15, 0.2) is 12.2 Å². The average Bonchev–Trinajstić information content (AvgIpc) is 2.28. The molecule has 0 fully saturated rings. The number of rotatable bonds is 8. The predicted octanol–water partition coefficient (Wildman–Crippen LogP) is 2.57. The van der Waals surface area contributed by atoms with E-state index in [0.29, 0.717) is 13.0 Å².